The van der Waals surface area contributed by atoms with Crippen molar-refractivity contribution in [3.05, 3.63) is 22.5 Å². The highest BCUT2D eigenvalue weighted by molar-refractivity contribution is 7.60. The number of hydrogen-bond donors (Lipinski definition) is 4. The summed E-state index contributed by atoms with van der Waals surface area (Å²) in [4.78, 5) is 41.0. The summed E-state index contributed by atoms with van der Waals surface area (Å²) in [5.74, 6) is -1.46. The molecule has 15 heteroatoms. The van der Waals surface area contributed by atoms with Crippen LogP contribution in [-0.2, 0) is 22.7 Å². The number of hydrogen-bond acceptors (Lipinski definition) is 8. The Morgan fingerprint density at radius 1 is 1.42 bits per heavy atom. The Morgan fingerprint density at radius 2 is 2.08 bits per heavy atom. The summed E-state index contributed by atoms with van der Waals surface area (Å²) in [6, 6.07) is 0. The molecule has 0 radical (unpaired) electrons. The van der Waals surface area contributed by atoms with Crippen molar-refractivity contribution in [1.29, 1.82) is 0 Å². The van der Waals surface area contributed by atoms with E-state index in [1.54, 1.807) is 0 Å². The van der Waals surface area contributed by atoms with Crippen molar-refractivity contribution in [2.75, 3.05) is 12.3 Å². The van der Waals surface area contributed by atoms with Crippen LogP contribution in [0.1, 0.15) is 19.1 Å². The first kappa shape index (κ1) is 19.2. The Balaban J connectivity index is 1.97. The molecule has 24 heavy (non-hydrogen) atoms. The molecule has 1 fully saturated rings. The SMILES string of the molecule is Nc1nc(=O)n([C@H]2CC[C@@H](COP(=O)(O)OP(=O)(O)O)O2)cc1F. The van der Waals surface area contributed by atoms with Gasteiger partial charge in [-0.15, -0.1) is 0 Å². The topological polar surface area (TPSA) is 183 Å². The fraction of sp³-hybridized carbons (Fsp3) is 0.556. The summed E-state index contributed by atoms with van der Waals surface area (Å²) < 4.78 is 49.5. The largest absolute Gasteiger partial charge is 0.481 e. The Labute approximate surface area is 133 Å². The van der Waals surface area contributed by atoms with E-state index >= 15 is 0 Å². The van der Waals surface area contributed by atoms with Crippen molar-refractivity contribution in [3.63, 3.8) is 0 Å². The van der Waals surface area contributed by atoms with E-state index in [1.807, 2.05) is 0 Å². The van der Waals surface area contributed by atoms with Gasteiger partial charge in [-0.25, -0.2) is 18.3 Å². The average Bonchev–Trinajstić information content (AvgIpc) is 2.87. The number of halogens is 1. The number of phosphoric acid groups is 2. The van der Waals surface area contributed by atoms with Crippen LogP contribution in [0.4, 0.5) is 10.2 Å². The standard InChI is InChI=1S/C9H14FN3O9P2/c10-6-3-13(9(14)12-8(6)11)7-2-1-5(21-7)4-20-24(18,19)22-23(15,16)17/h3,5,7H,1-2,4H2,(H,18,19)(H2,11,12,14)(H2,15,16,17)/t5-,7+/m0/s1. The molecule has 1 aliphatic rings. The molecule has 1 aromatic rings. The van der Waals surface area contributed by atoms with Gasteiger partial charge < -0.3 is 25.2 Å². The van der Waals surface area contributed by atoms with Crippen molar-refractivity contribution < 1.29 is 41.8 Å². The van der Waals surface area contributed by atoms with Crippen LogP contribution in [0.25, 0.3) is 0 Å². The van der Waals surface area contributed by atoms with Gasteiger partial charge in [0.05, 0.1) is 18.9 Å². The molecule has 0 aromatic carbocycles. The molecule has 0 amide bonds. The van der Waals surface area contributed by atoms with Gasteiger partial charge in [0.15, 0.2) is 11.6 Å². The van der Waals surface area contributed by atoms with Crippen molar-refractivity contribution in [2.45, 2.75) is 25.2 Å². The molecule has 136 valence electrons. The Hall–Kier alpha value is -1.17. The lowest BCUT2D eigenvalue weighted by Gasteiger charge is -2.17. The molecule has 1 unspecified atom stereocenters. The van der Waals surface area contributed by atoms with Gasteiger partial charge in [-0.2, -0.15) is 9.29 Å². The van der Waals surface area contributed by atoms with Gasteiger partial charge >= 0.3 is 21.3 Å². The number of ether oxygens (including phenoxy) is 1. The number of aromatic nitrogens is 2. The van der Waals surface area contributed by atoms with Gasteiger partial charge in [-0.1, -0.05) is 0 Å². The lowest BCUT2D eigenvalue weighted by molar-refractivity contribution is -0.0246. The molecule has 0 spiro atoms. The molecule has 5 N–H and O–H groups in total. The molecule has 0 aliphatic carbocycles. The summed E-state index contributed by atoms with van der Waals surface area (Å²) in [6.07, 6.45) is -0.350. The zero-order chi connectivity index (χ0) is 18.1. The summed E-state index contributed by atoms with van der Waals surface area (Å²) in [5.41, 5.74) is 4.33. The summed E-state index contributed by atoms with van der Waals surface area (Å²) in [7, 11) is -10.2. The van der Waals surface area contributed by atoms with E-state index in [0.717, 1.165) is 10.8 Å². The van der Waals surface area contributed by atoms with Crippen LogP contribution in [0, 0.1) is 5.82 Å². The Kier molecular flexibility index (Phi) is 5.57. The quantitative estimate of drug-likeness (QED) is 0.475. The van der Waals surface area contributed by atoms with Gasteiger partial charge in [0.2, 0.25) is 0 Å². The van der Waals surface area contributed by atoms with Crippen LogP contribution < -0.4 is 11.4 Å². The number of rotatable bonds is 6. The molecule has 12 nitrogen and oxygen atoms in total. The maximum atomic E-state index is 13.4. The minimum Gasteiger partial charge on any atom is -0.381 e. The van der Waals surface area contributed by atoms with E-state index in [2.05, 4.69) is 13.8 Å². The fourth-order valence-corrected chi connectivity index (χ4v) is 3.63. The zero-order valence-corrected chi connectivity index (χ0v) is 13.7. The molecule has 2 heterocycles. The summed E-state index contributed by atoms with van der Waals surface area (Å²) in [5, 5.41) is 0. The molecule has 1 aromatic heterocycles. The van der Waals surface area contributed by atoms with Gasteiger partial charge in [0, 0.05) is 0 Å². The van der Waals surface area contributed by atoms with E-state index in [0.29, 0.717) is 0 Å². The van der Waals surface area contributed by atoms with E-state index in [-0.39, 0.29) is 12.8 Å². The van der Waals surface area contributed by atoms with Crippen LogP contribution >= 0.6 is 15.6 Å². The van der Waals surface area contributed by atoms with E-state index < -0.39 is 51.9 Å². The third-order valence-corrected chi connectivity index (χ3v) is 5.11. The lowest BCUT2D eigenvalue weighted by Crippen LogP contribution is -2.29. The molecule has 0 bridgehead atoms. The predicted molar refractivity (Wildman–Crippen MR) is 74.9 cm³/mol. The second kappa shape index (κ2) is 6.98. The van der Waals surface area contributed by atoms with Gasteiger partial charge in [-0.3, -0.25) is 9.09 Å². The van der Waals surface area contributed by atoms with Crippen molar-refractivity contribution in [1.82, 2.24) is 9.55 Å². The van der Waals surface area contributed by atoms with Gasteiger partial charge in [0.1, 0.15) is 6.23 Å². The van der Waals surface area contributed by atoms with Gasteiger partial charge in [-0.05, 0) is 12.8 Å². The minimum absolute atomic E-state index is 0.244. The lowest BCUT2D eigenvalue weighted by atomic mass is 10.2. The van der Waals surface area contributed by atoms with E-state index in [1.165, 1.54) is 0 Å². The van der Waals surface area contributed by atoms with Crippen molar-refractivity contribution >= 4 is 21.5 Å². The highest BCUT2D eigenvalue weighted by Crippen LogP contribution is 2.57. The van der Waals surface area contributed by atoms with Crippen LogP contribution in [0.3, 0.4) is 0 Å². The first-order valence-corrected chi connectivity index (χ1v) is 9.43. The summed E-state index contributed by atoms with van der Waals surface area (Å²) >= 11 is 0. The van der Waals surface area contributed by atoms with Crippen LogP contribution in [-0.4, -0.2) is 36.9 Å². The molecule has 1 saturated heterocycles. The first-order chi connectivity index (χ1) is 11.0. The Bertz CT molecular complexity index is 765. The monoisotopic (exact) mass is 389 g/mol. The average molecular weight is 389 g/mol. The molecule has 2 rings (SSSR count). The maximum absolute atomic E-state index is 13.4. The number of anilines is 1. The molecule has 0 saturated carbocycles. The first-order valence-electron chi connectivity index (χ1n) is 6.41. The van der Waals surface area contributed by atoms with E-state index in [9.17, 15) is 18.3 Å². The van der Waals surface area contributed by atoms with Crippen molar-refractivity contribution in [2.24, 2.45) is 0 Å². The highest BCUT2D eigenvalue weighted by Gasteiger charge is 2.35. The molecule has 3 atom stereocenters. The molecular weight excluding hydrogens is 375 g/mol. The van der Waals surface area contributed by atoms with Crippen molar-refractivity contribution in [3.8, 4) is 0 Å². The minimum atomic E-state index is -5.21. The maximum Gasteiger partial charge on any atom is 0.481 e. The number of phosphoric ester groups is 1. The van der Waals surface area contributed by atoms with E-state index in [4.69, 9.17) is 25.2 Å². The third kappa shape index (κ3) is 5.16. The highest BCUT2D eigenvalue weighted by atomic mass is 31.3. The second-order valence-electron chi connectivity index (χ2n) is 4.79. The molecular formula is C9H14FN3O9P2. The third-order valence-electron chi connectivity index (χ3n) is 2.96. The van der Waals surface area contributed by atoms with Crippen LogP contribution in [0.15, 0.2) is 11.0 Å². The normalized spacial score (nSPS) is 24.0. The summed E-state index contributed by atoms with van der Waals surface area (Å²) in [6.45, 7) is -0.538. The number of nitrogens with two attached hydrogens (primary N) is 1. The second-order valence-corrected chi connectivity index (χ2v) is 7.62. The van der Waals surface area contributed by atoms with Crippen LogP contribution in [0.2, 0.25) is 0 Å². The smallest absolute Gasteiger partial charge is 0.381 e. The van der Waals surface area contributed by atoms with Crippen LogP contribution in [0.5, 0.6) is 0 Å². The Morgan fingerprint density at radius 3 is 2.71 bits per heavy atom. The predicted octanol–water partition coefficient (Wildman–Crippen LogP) is -0.132. The number of nitrogens with zero attached hydrogens (tertiary/aromatic N) is 2. The van der Waals surface area contributed by atoms with Gasteiger partial charge in [0.25, 0.3) is 0 Å². The fourth-order valence-electron chi connectivity index (χ4n) is 2.01. The number of nitrogen functional groups attached to an aromatic ring is 1. The molecule has 1 aliphatic heterocycles. The zero-order valence-electron chi connectivity index (χ0n) is 11.9.